The molecule has 0 unspecified atom stereocenters. The average Bonchev–Trinajstić information content (AvgIpc) is 3.27. The Kier molecular flexibility index (Phi) is 10.5. The van der Waals surface area contributed by atoms with Gasteiger partial charge >= 0.3 is 0 Å². The molecule has 0 aliphatic heterocycles. The largest absolute Gasteiger partial charge is 0.497 e. The highest BCUT2D eigenvalue weighted by atomic mass is 32.2. The summed E-state index contributed by atoms with van der Waals surface area (Å²) >= 11 is 1.66. The van der Waals surface area contributed by atoms with E-state index in [4.69, 9.17) is 20.2 Å². The van der Waals surface area contributed by atoms with E-state index in [1.165, 1.54) is 0 Å². The zero-order valence-corrected chi connectivity index (χ0v) is 21.7. The Balaban J connectivity index is 1.79. The molecule has 0 bridgehead atoms. The Labute approximate surface area is 212 Å². The van der Waals surface area contributed by atoms with Gasteiger partial charge in [0.25, 0.3) is 0 Å². The summed E-state index contributed by atoms with van der Waals surface area (Å²) in [5.74, 6) is 2.47. The third-order valence-electron chi connectivity index (χ3n) is 5.74. The first kappa shape index (κ1) is 26.6. The molecule has 7 nitrogen and oxygen atoms in total. The van der Waals surface area contributed by atoms with Crippen LogP contribution >= 0.6 is 11.8 Å². The molecule has 2 aromatic carbocycles. The lowest BCUT2D eigenvalue weighted by molar-refractivity contribution is -0.121. The fraction of sp³-hybridized carbons (Fsp3) is 0.407. The van der Waals surface area contributed by atoms with Gasteiger partial charge < -0.3 is 25.1 Å². The molecule has 0 saturated heterocycles. The van der Waals surface area contributed by atoms with Crippen molar-refractivity contribution in [2.45, 2.75) is 44.3 Å². The fourth-order valence-corrected chi connectivity index (χ4v) is 4.77. The SMILES string of the molecule is CCn1c(SCCNC(=O)CCCCCN)nc(-c2ccc(OC)cc2)c1-c1ccc(OC)cc1. The standard InChI is InChI=1S/C27H36N4O3S/c1-4-31-26(21-11-15-23(34-3)16-12-21)25(20-9-13-22(33-2)14-10-20)30-27(31)35-19-18-29-24(32)8-6-5-7-17-28/h9-16H,4-8,17-19,28H2,1-3H3,(H,29,32). The molecule has 3 rings (SSSR count). The van der Waals surface area contributed by atoms with Gasteiger partial charge in [0, 0.05) is 36.4 Å². The summed E-state index contributed by atoms with van der Waals surface area (Å²) in [5.41, 5.74) is 9.59. The number of nitrogens with zero attached hydrogens (tertiary/aromatic N) is 2. The van der Waals surface area contributed by atoms with Gasteiger partial charge in [0.2, 0.25) is 5.91 Å². The number of unbranched alkanes of at least 4 members (excludes halogenated alkanes) is 2. The molecular weight excluding hydrogens is 460 g/mol. The molecule has 0 aliphatic carbocycles. The Bertz CT molecular complexity index is 1070. The summed E-state index contributed by atoms with van der Waals surface area (Å²) in [7, 11) is 3.33. The third kappa shape index (κ3) is 7.26. The first-order valence-electron chi connectivity index (χ1n) is 12.1. The Hall–Kier alpha value is -2.97. The summed E-state index contributed by atoms with van der Waals surface area (Å²) in [6, 6.07) is 16.0. The lowest BCUT2D eigenvalue weighted by Crippen LogP contribution is -2.25. The van der Waals surface area contributed by atoms with Crippen molar-refractivity contribution >= 4 is 17.7 Å². The van der Waals surface area contributed by atoms with Gasteiger partial charge in [-0.15, -0.1) is 0 Å². The average molecular weight is 497 g/mol. The predicted octanol–water partition coefficient (Wildman–Crippen LogP) is 4.98. The van der Waals surface area contributed by atoms with Crippen molar-refractivity contribution in [3.05, 3.63) is 48.5 Å². The molecule has 0 radical (unpaired) electrons. The first-order valence-corrected chi connectivity index (χ1v) is 13.1. The maximum atomic E-state index is 12.1. The lowest BCUT2D eigenvalue weighted by atomic mass is 10.0. The molecule has 1 aromatic heterocycles. The van der Waals surface area contributed by atoms with Crippen LogP contribution in [0, 0.1) is 0 Å². The number of amides is 1. The van der Waals surface area contributed by atoms with E-state index in [0.29, 0.717) is 19.5 Å². The summed E-state index contributed by atoms with van der Waals surface area (Å²) in [4.78, 5) is 17.1. The quantitative estimate of drug-likeness (QED) is 0.242. The van der Waals surface area contributed by atoms with E-state index >= 15 is 0 Å². The number of methoxy groups -OCH3 is 2. The molecule has 3 aromatic rings. The molecule has 35 heavy (non-hydrogen) atoms. The zero-order chi connectivity index (χ0) is 25.0. The van der Waals surface area contributed by atoms with Crippen LogP contribution in [0.25, 0.3) is 22.5 Å². The zero-order valence-electron chi connectivity index (χ0n) is 20.9. The molecule has 1 heterocycles. The van der Waals surface area contributed by atoms with Crippen LogP contribution in [0.15, 0.2) is 53.7 Å². The highest BCUT2D eigenvalue weighted by Crippen LogP contribution is 2.37. The van der Waals surface area contributed by atoms with Gasteiger partial charge in [0.05, 0.1) is 25.6 Å². The van der Waals surface area contributed by atoms with Crippen LogP contribution in [0.5, 0.6) is 11.5 Å². The first-order chi connectivity index (χ1) is 17.1. The van der Waals surface area contributed by atoms with Gasteiger partial charge in [0.15, 0.2) is 5.16 Å². The normalized spacial score (nSPS) is 10.9. The minimum Gasteiger partial charge on any atom is -0.497 e. The maximum absolute atomic E-state index is 12.1. The minimum atomic E-state index is 0.0966. The van der Waals surface area contributed by atoms with Crippen molar-refractivity contribution in [3.8, 4) is 34.0 Å². The van der Waals surface area contributed by atoms with E-state index in [-0.39, 0.29) is 5.91 Å². The number of aromatic nitrogens is 2. The van der Waals surface area contributed by atoms with Gasteiger partial charge in [-0.1, -0.05) is 18.2 Å². The van der Waals surface area contributed by atoms with Crippen molar-refractivity contribution < 1.29 is 14.3 Å². The monoisotopic (exact) mass is 496 g/mol. The number of rotatable bonds is 14. The Morgan fingerprint density at radius 1 is 0.971 bits per heavy atom. The van der Waals surface area contributed by atoms with Crippen LogP contribution in [0.2, 0.25) is 0 Å². The third-order valence-corrected chi connectivity index (χ3v) is 6.72. The fourth-order valence-electron chi connectivity index (χ4n) is 3.86. The second kappa shape index (κ2) is 13.8. The van der Waals surface area contributed by atoms with E-state index in [1.807, 2.05) is 36.4 Å². The minimum absolute atomic E-state index is 0.0966. The summed E-state index contributed by atoms with van der Waals surface area (Å²) in [5, 5.41) is 3.95. The molecule has 0 fully saturated rings. The number of hydrogen-bond donors (Lipinski definition) is 2. The van der Waals surface area contributed by atoms with Crippen LogP contribution in [0.3, 0.4) is 0 Å². The van der Waals surface area contributed by atoms with E-state index in [2.05, 4.69) is 28.9 Å². The molecule has 0 spiro atoms. The summed E-state index contributed by atoms with van der Waals surface area (Å²) < 4.78 is 12.9. The van der Waals surface area contributed by atoms with Crippen LogP contribution in [-0.4, -0.2) is 48.5 Å². The van der Waals surface area contributed by atoms with Crippen molar-refractivity contribution in [1.29, 1.82) is 0 Å². The van der Waals surface area contributed by atoms with Gasteiger partial charge in [-0.25, -0.2) is 4.98 Å². The van der Waals surface area contributed by atoms with Crippen LogP contribution in [0.1, 0.15) is 32.6 Å². The summed E-state index contributed by atoms with van der Waals surface area (Å²) in [6.07, 6.45) is 3.40. The number of ether oxygens (including phenoxy) is 2. The van der Waals surface area contributed by atoms with Gasteiger partial charge in [-0.3, -0.25) is 4.79 Å². The Morgan fingerprint density at radius 2 is 1.60 bits per heavy atom. The molecule has 3 N–H and O–H groups in total. The van der Waals surface area contributed by atoms with Crippen molar-refractivity contribution in [1.82, 2.24) is 14.9 Å². The number of benzene rings is 2. The number of carbonyl (C=O) groups excluding carboxylic acids is 1. The van der Waals surface area contributed by atoms with Crippen LogP contribution in [0.4, 0.5) is 0 Å². The number of nitrogens with one attached hydrogen (secondary N) is 1. The molecule has 188 valence electrons. The van der Waals surface area contributed by atoms with E-state index in [0.717, 1.165) is 70.7 Å². The molecule has 0 saturated carbocycles. The number of imidazole rings is 1. The van der Waals surface area contributed by atoms with Gasteiger partial charge in [0.1, 0.15) is 11.5 Å². The molecule has 8 heteroatoms. The lowest BCUT2D eigenvalue weighted by Gasteiger charge is -2.12. The smallest absolute Gasteiger partial charge is 0.220 e. The number of carbonyl (C=O) groups is 1. The van der Waals surface area contributed by atoms with E-state index < -0.39 is 0 Å². The number of thioether (sulfide) groups is 1. The van der Waals surface area contributed by atoms with Gasteiger partial charge in [-0.2, -0.15) is 0 Å². The van der Waals surface area contributed by atoms with Crippen LogP contribution in [-0.2, 0) is 11.3 Å². The predicted molar refractivity (Wildman–Crippen MR) is 143 cm³/mol. The highest BCUT2D eigenvalue weighted by molar-refractivity contribution is 7.99. The molecular formula is C27H36N4O3S. The second-order valence-electron chi connectivity index (χ2n) is 8.09. The highest BCUT2D eigenvalue weighted by Gasteiger charge is 2.20. The van der Waals surface area contributed by atoms with Crippen molar-refractivity contribution in [2.24, 2.45) is 5.73 Å². The number of hydrogen-bond acceptors (Lipinski definition) is 6. The number of nitrogens with two attached hydrogens (primary N) is 1. The molecule has 0 aliphatic rings. The van der Waals surface area contributed by atoms with E-state index in [1.54, 1.807) is 26.0 Å². The topological polar surface area (TPSA) is 91.4 Å². The summed E-state index contributed by atoms with van der Waals surface area (Å²) in [6.45, 7) is 4.19. The van der Waals surface area contributed by atoms with Crippen LogP contribution < -0.4 is 20.5 Å². The van der Waals surface area contributed by atoms with E-state index in [9.17, 15) is 4.79 Å². The van der Waals surface area contributed by atoms with Gasteiger partial charge in [-0.05, 0) is 74.8 Å². The Morgan fingerprint density at radius 3 is 2.17 bits per heavy atom. The molecule has 0 atom stereocenters. The second-order valence-corrected chi connectivity index (χ2v) is 9.15. The van der Waals surface area contributed by atoms with Crippen molar-refractivity contribution in [2.75, 3.05) is 33.1 Å². The van der Waals surface area contributed by atoms with Crippen molar-refractivity contribution in [3.63, 3.8) is 0 Å². The molecule has 1 amide bonds. The maximum Gasteiger partial charge on any atom is 0.220 e.